The predicted octanol–water partition coefficient (Wildman–Crippen LogP) is 2.75. The summed E-state index contributed by atoms with van der Waals surface area (Å²) >= 11 is 0. The molecule has 2 aliphatic heterocycles. The fourth-order valence-corrected chi connectivity index (χ4v) is 3.31. The minimum absolute atomic E-state index is 0.331. The van der Waals surface area contributed by atoms with E-state index in [1.54, 1.807) is 7.11 Å². The Morgan fingerprint density at radius 1 is 0.958 bits per heavy atom. The average Bonchev–Trinajstić information content (AvgIpc) is 3.12. The minimum Gasteiger partial charge on any atom is -0.497 e. The van der Waals surface area contributed by atoms with Crippen LogP contribution in [0.4, 0.5) is 5.69 Å². The SMILES string of the molecule is COc1ccc(N2CCN(Cc3cccc4c3OCO4)CC2)cc1. The molecule has 2 heterocycles. The number of benzene rings is 2. The van der Waals surface area contributed by atoms with Crippen molar-refractivity contribution in [1.29, 1.82) is 0 Å². The zero-order valence-corrected chi connectivity index (χ0v) is 13.9. The molecule has 0 spiro atoms. The Hall–Kier alpha value is -2.40. The van der Waals surface area contributed by atoms with Crippen LogP contribution >= 0.6 is 0 Å². The van der Waals surface area contributed by atoms with Crippen LogP contribution in [-0.2, 0) is 6.54 Å². The summed E-state index contributed by atoms with van der Waals surface area (Å²) < 4.78 is 16.3. The van der Waals surface area contributed by atoms with Crippen molar-refractivity contribution in [1.82, 2.24) is 4.90 Å². The van der Waals surface area contributed by atoms with Crippen molar-refractivity contribution >= 4 is 5.69 Å². The summed E-state index contributed by atoms with van der Waals surface area (Å²) in [7, 11) is 1.70. The van der Waals surface area contributed by atoms with Crippen LogP contribution in [0.2, 0.25) is 0 Å². The third-order valence-corrected chi connectivity index (χ3v) is 4.68. The summed E-state index contributed by atoms with van der Waals surface area (Å²) in [6.07, 6.45) is 0. The molecule has 0 N–H and O–H groups in total. The van der Waals surface area contributed by atoms with Gasteiger partial charge in [0.15, 0.2) is 11.5 Å². The van der Waals surface area contributed by atoms with Gasteiger partial charge in [0.1, 0.15) is 5.75 Å². The number of fused-ring (bicyclic) bond motifs is 1. The monoisotopic (exact) mass is 326 g/mol. The molecule has 4 rings (SSSR count). The lowest BCUT2D eigenvalue weighted by molar-refractivity contribution is 0.171. The van der Waals surface area contributed by atoms with E-state index in [0.29, 0.717) is 6.79 Å². The second-order valence-corrected chi connectivity index (χ2v) is 6.11. The van der Waals surface area contributed by atoms with Crippen LogP contribution in [0.15, 0.2) is 42.5 Å². The summed E-state index contributed by atoms with van der Waals surface area (Å²) in [4.78, 5) is 4.89. The van der Waals surface area contributed by atoms with Crippen molar-refractivity contribution in [3.05, 3.63) is 48.0 Å². The predicted molar refractivity (Wildman–Crippen MR) is 93.0 cm³/mol. The molecule has 2 aromatic rings. The van der Waals surface area contributed by atoms with Crippen LogP contribution in [0.25, 0.3) is 0 Å². The van der Waals surface area contributed by atoms with Gasteiger partial charge in [-0.05, 0) is 30.3 Å². The van der Waals surface area contributed by atoms with E-state index in [0.717, 1.165) is 50.0 Å². The number of methoxy groups -OCH3 is 1. The lowest BCUT2D eigenvalue weighted by Gasteiger charge is -2.36. The van der Waals surface area contributed by atoms with Crippen molar-refractivity contribution in [3.8, 4) is 17.2 Å². The molecule has 0 unspecified atom stereocenters. The van der Waals surface area contributed by atoms with Gasteiger partial charge in [0.25, 0.3) is 0 Å². The zero-order chi connectivity index (χ0) is 16.4. The first-order chi connectivity index (χ1) is 11.8. The summed E-state index contributed by atoms with van der Waals surface area (Å²) in [6.45, 7) is 5.37. The highest BCUT2D eigenvalue weighted by Crippen LogP contribution is 2.36. The van der Waals surface area contributed by atoms with Gasteiger partial charge in [0, 0.05) is 44.0 Å². The molecule has 0 aromatic heterocycles. The Bertz CT molecular complexity index is 694. The summed E-state index contributed by atoms with van der Waals surface area (Å²) in [6, 6.07) is 14.4. The summed E-state index contributed by atoms with van der Waals surface area (Å²) in [5.41, 5.74) is 2.47. The van der Waals surface area contributed by atoms with E-state index in [-0.39, 0.29) is 0 Å². The molecule has 126 valence electrons. The first-order valence-electron chi connectivity index (χ1n) is 8.32. The molecule has 0 aliphatic carbocycles. The number of para-hydroxylation sites is 1. The third kappa shape index (κ3) is 2.99. The molecule has 0 amide bonds. The molecule has 24 heavy (non-hydrogen) atoms. The Morgan fingerprint density at radius 2 is 1.75 bits per heavy atom. The van der Waals surface area contributed by atoms with Gasteiger partial charge in [-0.1, -0.05) is 12.1 Å². The minimum atomic E-state index is 0.331. The number of rotatable bonds is 4. The molecule has 1 saturated heterocycles. The molecule has 2 aliphatic rings. The van der Waals surface area contributed by atoms with Crippen molar-refractivity contribution in [3.63, 3.8) is 0 Å². The molecule has 0 atom stereocenters. The number of anilines is 1. The fraction of sp³-hybridized carbons (Fsp3) is 0.368. The van der Waals surface area contributed by atoms with Crippen LogP contribution in [0.5, 0.6) is 17.2 Å². The van der Waals surface area contributed by atoms with Gasteiger partial charge in [-0.15, -0.1) is 0 Å². The van der Waals surface area contributed by atoms with E-state index >= 15 is 0 Å². The lowest BCUT2D eigenvalue weighted by atomic mass is 10.1. The molecule has 2 aromatic carbocycles. The van der Waals surface area contributed by atoms with E-state index in [2.05, 4.69) is 28.0 Å². The van der Waals surface area contributed by atoms with Gasteiger partial charge in [-0.2, -0.15) is 0 Å². The normalized spacial score (nSPS) is 17.1. The maximum Gasteiger partial charge on any atom is 0.231 e. The highest BCUT2D eigenvalue weighted by atomic mass is 16.7. The Labute approximate surface area is 142 Å². The maximum atomic E-state index is 5.61. The van der Waals surface area contributed by atoms with Crippen LogP contribution < -0.4 is 19.1 Å². The summed E-state index contributed by atoms with van der Waals surface area (Å²) in [5, 5.41) is 0. The van der Waals surface area contributed by atoms with E-state index in [1.807, 2.05) is 24.3 Å². The smallest absolute Gasteiger partial charge is 0.231 e. The second kappa shape index (κ2) is 6.61. The molecular weight excluding hydrogens is 304 g/mol. The van der Waals surface area contributed by atoms with Crippen molar-refractivity contribution in [2.45, 2.75) is 6.54 Å². The molecule has 5 nitrogen and oxygen atoms in total. The van der Waals surface area contributed by atoms with Crippen LogP contribution in [0.1, 0.15) is 5.56 Å². The topological polar surface area (TPSA) is 34.2 Å². The number of nitrogens with zero attached hydrogens (tertiary/aromatic N) is 2. The molecular formula is C19H22N2O3. The van der Waals surface area contributed by atoms with Crippen molar-refractivity contribution in [2.24, 2.45) is 0 Å². The first kappa shape index (κ1) is 15.1. The third-order valence-electron chi connectivity index (χ3n) is 4.68. The molecule has 5 heteroatoms. The Balaban J connectivity index is 1.37. The molecule has 1 fully saturated rings. The van der Waals surface area contributed by atoms with Gasteiger partial charge in [-0.3, -0.25) is 4.90 Å². The van der Waals surface area contributed by atoms with Gasteiger partial charge >= 0.3 is 0 Å². The van der Waals surface area contributed by atoms with Gasteiger partial charge in [-0.25, -0.2) is 0 Å². The largest absolute Gasteiger partial charge is 0.497 e. The van der Waals surface area contributed by atoms with Gasteiger partial charge < -0.3 is 19.1 Å². The quantitative estimate of drug-likeness (QED) is 0.863. The van der Waals surface area contributed by atoms with Crippen LogP contribution in [0, 0.1) is 0 Å². The standard InChI is InChI=1S/C19H22N2O3/c1-22-17-7-5-16(6-8-17)21-11-9-20(10-12-21)13-15-3-2-4-18-19(15)24-14-23-18/h2-8H,9-14H2,1H3. The number of hydrogen-bond donors (Lipinski definition) is 0. The Morgan fingerprint density at radius 3 is 2.50 bits per heavy atom. The highest BCUT2D eigenvalue weighted by molar-refractivity contribution is 5.50. The zero-order valence-electron chi connectivity index (χ0n) is 13.9. The number of ether oxygens (including phenoxy) is 3. The highest BCUT2D eigenvalue weighted by Gasteiger charge is 2.22. The Kier molecular flexibility index (Phi) is 4.17. The average molecular weight is 326 g/mol. The van der Waals surface area contributed by atoms with Gasteiger partial charge in [0.05, 0.1) is 7.11 Å². The number of hydrogen-bond acceptors (Lipinski definition) is 5. The van der Waals surface area contributed by atoms with E-state index in [9.17, 15) is 0 Å². The van der Waals surface area contributed by atoms with Crippen LogP contribution in [-0.4, -0.2) is 45.0 Å². The van der Waals surface area contributed by atoms with E-state index < -0.39 is 0 Å². The molecule has 0 bridgehead atoms. The number of piperazine rings is 1. The molecule has 0 radical (unpaired) electrons. The fourth-order valence-electron chi connectivity index (χ4n) is 3.31. The first-order valence-corrected chi connectivity index (χ1v) is 8.32. The lowest BCUT2D eigenvalue weighted by Crippen LogP contribution is -2.45. The second-order valence-electron chi connectivity index (χ2n) is 6.11. The van der Waals surface area contributed by atoms with Crippen LogP contribution in [0.3, 0.4) is 0 Å². The molecule has 0 saturated carbocycles. The van der Waals surface area contributed by atoms with Crippen molar-refractivity contribution < 1.29 is 14.2 Å². The summed E-state index contributed by atoms with van der Waals surface area (Å²) in [5.74, 6) is 2.68. The van der Waals surface area contributed by atoms with E-state index in [4.69, 9.17) is 14.2 Å². The maximum absolute atomic E-state index is 5.61. The van der Waals surface area contributed by atoms with E-state index in [1.165, 1.54) is 11.3 Å². The van der Waals surface area contributed by atoms with Gasteiger partial charge in [0.2, 0.25) is 6.79 Å². The van der Waals surface area contributed by atoms with Crippen molar-refractivity contribution in [2.75, 3.05) is 45.0 Å².